The highest BCUT2D eigenvalue weighted by molar-refractivity contribution is 7.94. The smallest absolute Gasteiger partial charge is 0.274 e. The molecule has 0 aliphatic heterocycles. The normalized spacial score (nSPS) is 11.5. The van der Waals surface area contributed by atoms with Gasteiger partial charge in [0.1, 0.15) is 16.6 Å². The summed E-state index contributed by atoms with van der Waals surface area (Å²) in [6.07, 6.45) is 0. The van der Waals surface area contributed by atoms with Crippen molar-refractivity contribution in [2.75, 3.05) is 38.0 Å². The van der Waals surface area contributed by atoms with Gasteiger partial charge in [-0.2, -0.15) is 0 Å². The zero-order valence-corrected chi connectivity index (χ0v) is 15.6. The van der Waals surface area contributed by atoms with E-state index in [1.165, 1.54) is 18.2 Å². The fraction of sp³-hybridized carbons (Fsp3) is 0.312. The van der Waals surface area contributed by atoms with Crippen molar-refractivity contribution >= 4 is 33.0 Å². The number of hydrogen-bond acceptors (Lipinski definition) is 5. The highest BCUT2D eigenvalue weighted by Gasteiger charge is 2.28. The lowest BCUT2D eigenvalue weighted by atomic mass is 10.3. The van der Waals surface area contributed by atoms with Crippen LogP contribution in [0.4, 0.5) is 10.1 Å². The number of thiophene rings is 1. The van der Waals surface area contributed by atoms with Gasteiger partial charge in [-0.05, 0) is 49.8 Å². The van der Waals surface area contributed by atoms with Gasteiger partial charge in [0.2, 0.25) is 5.91 Å². The Bertz CT molecular complexity index is 791. The summed E-state index contributed by atoms with van der Waals surface area (Å²) in [5, 5.41) is 4.33. The monoisotopic (exact) mass is 385 g/mol. The van der Waals surface area contributed by atoms with E-state index in [0.29, 0.717) is 13.1 Å². The van der Waals surface area contributed by atoms with Gasteiger partial charge in [0, 0.05) is 13.1 Å². The van der Waals surface area contributed by atoms with Crippen LogP contribution in [-0.2, 0) is 14.8 Å². The number of nitrogens with zero attached hydrogens (tertiary/aromatic N) is 2. The van der Waals surface area contributed by atoms with E-state index in [2.05, 4.69) is 5.32 Å². The molecule has 0 unspecified atom stereocenters. The highest BCUT2D eigenvalue weighted by atomic mass is 32.2. The molecule has 0 saturated heterocycles. The van der Waals surface area contributed by atoms with Crippen LogP contribution in [0.2, 0.25) is 0 Å². The largest absolute Gasteiger partial charge is 0.353 e. The number of halogens is 1. The van der Waals surface area contributed by atoms with E-state index in [-0.39, 0.29) is 16.4 Å². The van der Waals surface area contributed by atoms with Crippen LogP contribution in [0.1, 0.15) is 0 Å². The van der Waals surface area contributed by atoms with Gasteiger partial charge in [-0.3, -0.25) is 9.10 Å². The molecule has 2 rings (SSSR count). The first kappa shape index (κ1) is 19.4. The van der Waals surface area contributed by atoms with E-state index in [1.807, 2.05) is 19.0 Å². The molecule has 0 bridgehead atoms. The van der Waals surface area contributed by atoms with Gasteiger partial charge in [-0.25, -0.2) is 12.8 Å². The second kappa shape index (κ2) is 8.41. The Morgan fingerprint density at radius 2 is 1.88 bits per heavy atom. The molecule has 1 aromatic carbocycles. The van der Waals surface area contributed by atoms with Crippen LogP contribution in [0.25, 0.3) is 0 Å². The van der Waals surface area contributed by atoms with Crippen molar-refractivity contribution in [3.8, 4) is 0 Å². The third-order valence-electron chi connectivity index (χ3n) is 3.32. The molecule has 0 saturated carbocycles. The van der Waals surface area contributed by atoms with Crippen molar-refractivity contribution in [2.24, 2.45) is 0 Å². The van der Waals surface area contributed by atoms with Crippen LogP contribution in [0, 0.1) is 5.82 Å². The van der Waals surface area contributed by atoms with E-state index in [4.69, 9.17) is 0 Å². The summed E-state index contributed by atoms with van der Waals surface area (Å²) in [6.45, 7) is 0.668. The lowest BCUT2D eigenvalue weighted by Crippen LogP contribution is -2.42. The predicted molar refractivity (Wildman–Crippen MR) is 96.8 cm³/mol. The van der Waals surface area contributed by atoms with Crippen molar-refractivity contribution in [3.05, 3.63) is 47.6 Å². The maximum absolute atomic E-state index is 13.2. The number of benzene rings is 1. The zero-order chi connectivity index (χ0) is 18.4. The summed E-state index contributed by atoms with van der Waals surface area (Å²) >= 11 is 1.06. The molecule has 0 aliphatic rings. The van der Waals surface area contributed by atoms with E-state index in [1.54, 1.807) is 11.4 Å². The first-order chi connectivity index (χ1) is 11.8. The molecule has 0 spiro atoms. The third-order valence-corrected chi connectivity index (χ3v) is 6.47. The van der Waals surface area contributed by atoms with E-state index in [9.17, 15) is 17.6 Å². The number of nitrogens with one attached hydrogen (secondary N) is 1. The number of carbonyl (C=O) groups excluding carboxylic acids is 1. The second-order valence-electron chi connectivity index (χ2n) is 5.57. The molecule has 25 heavy (non-hydrogen) atoms. The molecule has 0 fully saturated rings. The molecule has 1 amide bonds. The molecule has 1 aromatic heterocycles. The molecule has 9 heteroatoms. The van der Waals surface area contributed by atoms with Crippen LogP contribution in [0.3, 0.4) is 0 Å². The molecule has 1 N–H and O–H groups in total. The first-order valence-corrected chi connectivity index (χ1v) is 9.86. The molecular weight excluding hydrogens is 365 g/mol. The Morgan fingerprint density at radius 1 is 1.20 bits per heavy atom. The van der Waals surface area contributed by atoms with Crippen molar-refractivity contribution in [1.29, 1.82) is 0 Å². The second-order valence-corrected chi connectivity index (χ2v) is 8.61. The Morgan fingerprint density at radius 3 is 2.44 bits per heavy atom. The van der Waals surface area contributed by atoms with E-state index >= 15 is 0 Å². The maximum Gasteiger partial charge on any atom is 0.274 e. The summed E-state index contributed by atoms with van der Waals surface area (Å²) in [6, 6.07) is 8.10. The van der Waals surface area contributed by atoms with Gasteiger partial charge < -0.3 is 10.2 Å². The van der Waals surface area contributed by atoms with Gasteiger partial charge in [0.15, 0.2) is 0 Å². The van der Waals surface area contributed by atoms with Crippen molar-refractivity contribution in [3.63, 3.8) is 0 Å². The van der Waals surface area contributed by atoms with Crippen LogP contribution in [-0.4, -0.2) is 53.0 Å². The van der Waals surface area contributed by atoms with Gasteiger partial charge in [-0.1, -0.05) is 6.07 Å². The molecule has 0 radical (unpaired) electrons. The first-order valence-electron chi connectivity index (χ1n) is 7.54. The Balaban J connectivity index is 2.24. The summed E-state index contributed by atoms with van der Waals surface area (Å²) < 4.78 is 40.0. The Kier molecular flexibility index (Phi) is 6.51. The molecule has 0 aliphatic carbocycles. The summed E-state index contributed by atoms with van der Waals surface area (Å²) in [5.74, 6) is -0.904. The maximum atomic E-state index is 13.2. The summed E-state index contributed by atoms with van der Waals surface area (Å²) in [7, 11) is -0.155. The molecule has 2 aromatic rings. The van der Waals surface area contributed by atoms with Gasteiger partial charge >= 0.3 is 0 Å². The van der Waals surface area contributed by atoms with E-state index in [0.717, 1.165) is 27.8 Å². The van der Waals surface area contributed by atoms with Crippen LogP contribution >= 0.6 is 11.3 Å². The van der Waals surface area contributed by atoms with Crippen molar-refractivity contribution in [2.45, 2.75) is 4.21 Å². The minimum Gasteiger partial charge on any atom is -0.353 e. The van der Waals surface area contributed by atoms with Crippen LogP contribution < -0.4 is 9.62 Å². The third kappa shape index (κ3) is 5.25. The highest BCUT2D eigenvalue weighted by Crippen LogP contribution is 2.26. The van der Waals surface area contributed by atoms with Gasteiger partial charge in [0.25, 0.3) is 10.0 Å². The lowest BCUT2D eigenvalue weighted by Gasteiger charge is -2.23. The molecule has 1 heterocycles. The number of hydrogen-bond donors (Lipinski definition) is 1. The number of likely N-dealkylation sites (N-methyl/N-ethyl adjacent to an activating group) is 1. The van der Waals surface area contributed by atoms with Crippen molar-refractivity contribution < 1.29 is 17.6 Å². The topological polar surface area (TPSA) is 69.7 Å². The number of carbonyl (C=O) groups is 1. The fourth-order valence-electron chi connectivity index (χ4n) is 2.05. The van der Waals surface area contributed by atoms with Gasteiger partial charge in [0.05, 0.1) is 5.69 Å². The minimum absolute atomic E-state index is 0.123. The number of amides is 1. The van der Waals surface area contributed by atoms with Crippen molar-refractivity contribution in [1.82, 2.24) is 10.2 Å². The number of anilines is 1. The summed E-state index contributed by atoms with van der Waals surface area (Å²) in [5.41, 5.74) is 0.234. The zero-order valence-electron chi connectivity index (χ0n) is 14.0. The SMILES string of the molecule is CN(C)CCNC(=O)CN(c1ccc(F)cc1)S(=O)(=O)c1cccs1. The average molecular weight is 385 g/mol. The minimum atomic E-state index is -3.90. The van der Waals surface area contributed by atoms with Crippen LogP contribution in [0.5, 0.6) is 0 Å². The standard InChI is InChI=1S/C16H20FN3O3S2/c1-19(2)10-9-18-15(21)12-20(14-7-5-13(17)6-8-14)25(22,23)16-4-3-11-24-16/h3-8,11H,9-10,12H2,1-2H3,(H,18,21). The molecular formula is C16H20FN3O3S2. The van der Waals surface area contributed by atoms with Gasteiger partial charge in [-0.15, -0.1) is 11.3 Å². The molecule has 0 atom stereocenters. The lowest BCUT2D eigenvalue weighted by molar-refractivity contribution is -0.119. The molecule has 6 nitrogen and oxygen atoms in total. The summed E-state index contributed by atoms with van der Waals surface area (Å²) in [4.78, 5) is 14.1. The fourth-order valence-corrected chi connectivity index (χ4v) is 4.57. The predicted octanol–water partition coefficient (Wildman–Crippen LogP) is 1.76. The molecule has 136 valence electrons. The quantitative estimate of drug-likeness (QED) is 0.752. The van der Waals surface area contributed by atoms with E-state index < -0.39 is 21.7 Å². The average Bonchev–Trinajstić information content (AvgIpc) is 3.08. The van der Waals surface area contributed by atoms with Crippen LogP contribution in [0.15, 0.2) is 46.0 Å². The number of sulfonamides is 1. The Hall–Kier alpha value is -1.97. The Labute approximate surface area is 150 Å². The number of rotatable bonds is 8.